The van der Waals surface area contributed by atoms with Gasteiger partial charge in [0.05, 0.1) is 0 Å². The van der Waals surface area contributed by atoms with Crippen LogP contribution in [0.1, 0.15) is 35.7 Å². The summed E-state index contributed by atoms with van der Waals surface area (Å²) >= 11 is 0. The van der Waals surface area contributed by atoms with Crippen LogP contribution in [0.2, 0.25) is 0 Å². The largest absolute Gasteiger partial charge is 0.479 e. The Kier molecular flexibility index (Phi) is 2.62. The molecular formula is C15H17NO3. The van der Waals surface area contributed by atoms with Crippen molar-refractivity contribution >= 4 is 11.9 Å². The van der Waals surface area contributed by atoms with Gasteiger partial charge in [-0.2, -0.15) is 0 Å². The third-order valence-corrected chi connectivity index (χ3v) is 4.46. The minimum atomic E-state index is -1.05. The van der Waals surface area contributed by atoms with Crippen molar-refractivity contribution in [1.29, 1.82) is 0 Å². The van der Waals surface area contributed by atoms with Crippen LogP contribution in [0.25, 0.3) is 0 Å². The summed E-state index contributed by atoms with van der Waals surface area (Å²) in [5, 5.41) is 9.57. The summed E-state index contributed by atoms with van der Waals surface area (Å²) < 4.78 is 0. The predicted octanol–water partition coefficient (Wildman–Crippen LogP) is 1.94. The van der Waals surface area contributed by atoms with Crippen LogP contribution in [-0.4, -0.2) is 34.0 Å². The van der Waals surface area contributed by atoms with Crippen molar-refractivity contribution in [1.82, 2.24) is 4.90 Å². The first kappa shape index (κ1) is 12.2. The molecule has 0 bridgehead atoms. The van der Waals surface area contributed by atoms with E-state index in [0.29, 0.717) is 12.1 Å². The van der Waals surface area contributed by atoms with Gasteiger partial charge >= 0.3 is 5.97 Å². The molecule has 4 nitrogen and oxygen atoms in total. The average molecular weight is 259 g/mol. The van der Waals surface area contributed by atoms with Gasteiger partial charge in [0.25, 0.3) is 5.91 Å². The summed E-state index contributed by atoms with van der Waals surface area (Å²) in [6.45, 7) is 2.19. The lowest BCUT2D eigenvalue weighted by atomic mass is 9.88. The normalized spacial score (nSPS) is 21.7. The zero-order chi connectivity index (χ0) is 13.6. The highest BCUT2D eigenvalue weighted by atomic mass is 16.4. The molecule has 1 fully saturated rings. The molecule has 1 aliphatic carbocycles. The topological polar surface area (TPSA) is 57.6 Å². The van der Waals surface area contributed by atoms with E-state index in [1.807, 2.05) is 18.2 Å². The molecule has 0 radical (unpaired) electrons. The highest BCUT2D eigenvalue weighted by Crippen LogP contribution is 2.44. The number of hydrogen-bond acceptors (Lipinski definition) is 2. The lowest BCUT2D eigenvalue weighted by molar-refractivity contribution is -0.150. The van der Waals surface area contributed by atoms with E-state index >= 15 is 0 Å². The number of amides is 1. The van der Waals surface area contributed by atoms with Crippen LogP contribution in [0.5, 0.6) is 0 Å². The molecule has 1 amide bonds. The van der Waals surface area contributed by atoms with Crippen molar-refractivity contribution in [2.45, 2.75) is 31.7 Å². The number of nitrogens with zero attached hydrogens (tertiary/aromatic N) is 1. The molecule has 19 heavy (non-hydrogen) atoms. The van der Waals surface area contributed by atoms with Gasteiger partial charge in [0, 0.05) is 12.1 Å². The summed E-state index contributed by atoms with van der Waals surface area (Å²) in [7, 11) is 0. The number of carbonyl (C=O) groups is 2. The van der Waals surface area contributed by atoms with Crippen molar-refractivity contribution in [2.75, 3.05) is 6.54 Å². The third-order valence-electron chi connectivity index (χ3n) is 4.46. The molecule has 4 heteroatoms. The highest BCUT2D eigenvalue weighted by Gasteiger charge is 2.54. The molecule has 1 heterocycles. The molecule has 0 spiro atoms. The Morgan fingerprint density at radius 3 is 2.68 bits per heavy atom. The first-order valence-corrected chi connectivity index (χ1v) is 6.68. The maximum Gasteiger partial charge on any atom is 0.329 e. The summed E-state index contributed by atoms with van der Waals surface area (Å²) in [4.78, 5) is 25.8. The van der Waals surface area contributed by atoms with Crippen LogP contribution >= 0.6 is 0 Å². The van der Waals surface area contributed by atoms with E-state index in [4.69, 9.17) is 0 Å². The van der Waals surface area contributed by atoms with Gasteiger partial charge in [0.1, 0.15) is 5.54 Å². The fourth-order valence-electron chi connectivity index (χ4n) is 3.03. The van der Waals surface area contributed by atoms with Gasteiger partial charge in [-0.05, 0) is 43.7 Å². The highest BCUT2D eigenvalue weighted by molar-refractivity contribution is 6.00. The Balaban J connectivity index is 1.99. The van der Waals surface area contributed by atoms with Crippen LogP contribution in [0.15, 0.2) is 24.3 Å². The molecule has 1 unspecified atom stereocenters. The fourth-order valence-corrected chi connectivity index (χ4v) is 3.03. The minimum Gasteiger partial charge on any atom is -0.479 e. The predicted molar refractivity (Wildman–Crippen MR) is 69.9 cm³/mol. The quantitative estimate of drug-likeness (QED) is 0.902. The maximum absolute atomic E-state index is 12.6. The van der Waals surface area contributed by atoms with E-state index in [1.165, 1.54) is 0 Å². The number of carboxylic acid groups (broad SMARTS) is 1. The molecular weight excluding hydrogens is 242 g/mol. The monoisotopic (exact) mass is 259 g/mol. The van der Waals surface area contributed by atoms with Crippen molar-refractivity contribution in [3.8, 4) is 0 Å². The second-order valence-corrected chi connectivity index (χ2v) is 5.59. The van der Waals surface area contributed by atoms with Crippen LogP contribution in [0.4, 0.5) is 0 Å². The number of carboxylic acids is 1. The summed E-state index contributed by atoms with van der Waals surface area (Å²) in [6, 6.07) is 7.48. The number of rotatable bonds is 3. The SMILES string of the molecule is CC(C(=O)O)(C1CC1)N1CCc2ccccc2C1=O. The third kappa shape index (κ3) is 1.74. The maximum atomic E-state index is 12.6. The number of hydrogen-bond donors (Lipinski definition) is 1. The molecule has 2 aliphatic rings. The lowest BCUT2D eigenvalue weighted by Crippen LogP contribution is -2.58. The van der Waals surface area contributed by atoms with E-state index in [9.17, 15) is 14.7 Å². The second kappa shape index (κ2) is 4.08. The van der Waals surface area contributed by atoms with E-state index in [0.717, 1.165) is 24.8 Å². The number of fused-ring (bicyclic) bond motifs is 1. The fraction of sp³-hybridized carbons (Fsp3) is 0.467. The minimum absolute atomic E-state index is 0.0965. The van der Waals surface area contributed by atoms with E-state index in [-0.39, 0.29) is 11.8 Å². The molecule has 100 valence electrons. The van der Waals surface area contributed by atoms with Crippen molar-refractivity contribution in [3.63, 3.8) is 0 Å². The zero-order valence-electron chi connectivity index (χ0n) is 10.9. The number of carbonyl (C=O) groups excluding carboxylic acids is 1. The van der Waals surface area contributed by atoms with Crippen LogP contribution in [0, 0.1) is 5.92 Å². The van der Waals surface area contributed by atoms with E-state index in [2.05, 4.69) is 0 Å². The van der Waals surface area contributed by atoms with Gasteiger partial charge in [0.2, 0.25) is 0 Å². The molecule has 0 saturated heterocycles. The van der Waals surface area contributed by atoms with Crippen molar-refractivity contribution < 1.29 is 14.7 Å². The van der Waals surface area contributed by atoms with E-state index < -0.39 is 11.5 Å². The molecule has 1 aromatic carbocycles. The first-order chi connectivity index (χ1) is 9.05. The standard InChI is InChI=1S/C15H17NO3/c1-15(14(18)19,11-6-7-11)16-9-8-10-4-2-3-5-12(10)13(16)17/h2-5,11H,6-9H2,1H3,(H,18,19). The van der Waals surface area contributed by atoms with Crippen molar-refractivity contribution in [2.24, 2.45) is 5.92 Å². The molecule has 1 N–H and O–H groups in total. The number of aliphatic carboxylic acids is 1. The van der Waals surface area contributed by atoms with Crippen molar-refractivity contribution in [3.05, 3.63) is 35.4 Å². The summed E-state index contributed by atoms with van der Waals surface area (Å²) in [5.41, 5.74) is 0.624. The zero-order valence-corrected chi connectivity index (χ0v) is 10.9. The van der Waals surface area contributed by atoms with Gasteiger partial charge in [-0.3, -0.25) is 4.79 Å². The molecule has 1 atom stereocenters. The van der Waals surface area contributed by atoms with Gasteiger partial charge in [-0.15, -0.1) is 0 Å². The Morgan fingerprint density at radius 2 is 2.05 bits per heavy atom. The molecule has 0 aromatic heterocycles. The van der Waals surface area contributed by atoms with Gasteiger partial charge < -0.3 is 10.0 Å². The summed E-state index contributed by atoms with van der Waals surface area (Å²) in [6.07, 6.45) is 2.53. The Bertz CT molecular complexity index is 550. The molecule has 1 saturated carbocycles. The average Bonchev–Trinajstić information content (AvgIpc) is 3.23. The van der Waals surface area contributed by atoms with Gasteiger partial charge in [0.15, 0.2) is 0 Å². The van der Waals surface area contributed by atoms with Gasteiger partial charge in [-0.25, -0.2) is 4.79 Å². The molecule has 3 rings (SSSR count). The van der Waals surface area contributed by atoms with Crippen LogP contribution in [0.3, 0.4) is 0 Å². The lowest BCUT2D eigenvalue weighted by Gasteiger charge is -2.41. The van der Waals surface area contributed by atoms with E-state index in [1.54, 1.807) is 17.9 Å². The molecule has 1 aliphatic heterocycles. The Labute approximate surface area is 112 Å². The first-order valence-electron chi connectivity index (χ1n) is 6.68. The Morgan fingerprint density at radius 1 is 1.37 bits per heavy atom. The molecule has 1 aromatic rings. The number of benzene rings is 1. The second-order valence-electron chi connectivity index (χ2n) is 5.59. The van der Waals surface area contributed by atoms with Crippen LogP contribution < -0.4 is 0 Å². The van der Waals surface area contributed by atoms with Crippen LogP contribution in [-0.2, 0) is 11.2 Å². The Hall–Kier alpha value is -1.84. The van der Waals surface area contributed by atoms with Gasteiger partial charge in [-0.1, -0.05) is 18.2 Å². The summed E-state index contributed by atoms with van der Waals surface area (Å²) in [5.74, 6) is -0.930. The smallest absolute Gasteiger partial charge is 0.329 e.